The van der Waals surface area contributed by atoms with Crippen molar-refractivity contribution in [3.63, 3.8) is 0 Å². The molecule has 6 nitrogen and oxygen atoms in total. The lowest BCUT2D eigenvalue weighted by Crippen LogP contribution is -2.44. The Morgan fingerprint density at radius 3 is 2.66 bits per heavy atom. The van der Waals surface area contributed by atoms with Crippen molar-refractivity contribution in [3.05, 3.63) is 58.7 Å². The zero-order chi connectivity index (χ0) is 22.7. The van der Waals surface area contributed by atoms with Crippen LogP contribution in [-0.4, -0.2) is 40.7 Å². The molecule has 2 aliphatic heterocycles. The molecule has 1 fully saturated rings. The molecule has 1 atom stereocenters. The van der Waals surface area contributed by atoms with E-state index in [1.807, 2.05) is 6.20 Å². The predicted molar refractivity (Wildman–Crippen MR) is 112 cm³/mol. The zero-order valence-electron chi connectivity index (χ0n) is 18.0. The van der Waals surface area contributed by atoms with Crippen LogP contribution in [0, 0.1) is 5.92 Å². The highest BCUT2D eigenvalue weighted by Crippen LogP contribution is 2.30. The van der Waals surface area contributed by atoms with E-state index in [9.17, 15) is 18.0 Å². The quantitative estimate of drug-likeness (QED) is 0.758. The van der Waals surface area contributed by atoms with Crippen LogP contribution in [0.4, 0.5) is 18.0 Å². The van der Waals surface area contributed by atoms with Gasteiger partial charge in [-0.2, -0.15) is 13.2 Å². The first-order valence-corrected chi connectivity index (χ1v) is 10.9. The normalized spacial score (nSPS) is 18.2. The molecule has 0 unspecified atom stereocenters. The van der Waals surface area contributed by atoms with Gasteiger partial charge in [0.15, 0.2) is 0 Å². The minimum atomic E-state index is -4.38. The van der Waals surface area contributed by atoms with Gasteiger partial charge in [-0.15, -0.1) is 0 Å². The second-order valence-electron chi connectivity index (χ2n) is 8.48. The van der Waals surface area contributed by atoms with E-state index >= 15 is 0 Å². The molecule has 0 radical (unpaired) electrons. The predicted octanol–water partition coefficient (Wildman–Crippen LogP) is 4.29. The minimum Gasteiger partial charge on any atom is -0.381 e. The molecule has 0 saturated carbocycles. The van der Waals surface area contributed by atoms with Crippen LogP contribution >= 0.6 is 0 Å². The number of alkyl halides is 3. The lowest BCUT2D eigenvalue weighted by Gasteiger charge is -2.30. The lowest BCUT2D eigenvalue weighted by atomic mass is 9.96. The second kappa shape index (κ2) is 9.44. The van der Waals surface area contributed by atoms with Gasteiger partial charge in [-0.1, -0.05) is 12.1 Å². The van der Waals surface area contributed by atoms with E-state index in [0.29, 0.717) is 31.0 Å². The fourth-order valence-electron chi connectivity index (χ4n) is 4.15. The Labute approximate surface area is 185 Å². The van der Waals surface area contributed by atoms with Crippen molar-refractivity contribution in [1.82, 2.24) is 20.2 Å². The maximum atomic E-state index is 12.8. The van der Waals surface area contributed by atoms with Gasteiger partial charge in [-0.3, -0.25) is 0 Å². The van der Waals surface area contributed by atoms with Crippen molar-refractivity contribution >= 4 is 6.03 Å². The van der Waals surface area contributed by atoms with E-state index in [0.717, 1.165) is 61.7 Å². The Hall–Kier alpha value is -2.68. The van der Waals surface area contributed by atoms with Crippen molar-refractivity contribution in [2.24, 2.45) is 5.92 Å². The fraction of sp³-hybridized carbons (Fsp3) is 0.522. The number of aromatic nitrogens is 2. The average molecular weight is 448 g/mol. The van der Waals surface area contributed by atoms with Crippen LogP contribution in [0.3, 0.4) is 0 Å². The molecule has 1 aromatic carbocycles. The monoisotopic (exact) mass is 448 g/mol. The number of benzene rings is 1. The van der Waals surface area contributed by atoms with Crippen LogP contribution in [0.1, 0.15) is 54.0 Å². The Morgan fingerprint density at radius 1 is 1.25 bits per heavy atom. The maximum Gasteiger partial charge on any atom is 0.416 e. The van der Waals surface area contributed by atoms with Gasteiger partial charge < -0.3 is 15.0 Å². The number of carbonyl (C=O) groups excluding carboxylic acids is 1. The van der Waals surface area contributed by atoms with Crippen LogP contribution in [-0.2, 0) is 30.3 Å². The van der Waals surface area contributed by atoms with Crippen LogP contribution < -0.4 is 5.32 Å². The summed E-state index contributed by atoms with van der Waals surface area (Å²) in [4.78, 5) is 23.7. The average Bonchev–Trinajstić information content (AvgIpc) is 2.78. The van der Waals surface area contributed by atoms with Crippen molar-refractivity contribution in [2.75, 3.05) is 19.8 Å². The maximum absolute atomic E-state index is 12.8. The summed E-state index contributed by atoms with van der Waals surface area (Å²) in [7, 11) is 0. The molecule has 3 heterocycles. The first kappa shape index (κ1) is 22.5. The fourth-order valence-corrected chi connectivity index (χ4v) is 4.15. The summed E-state index contributed by atoms with van der Waals surface area (Å²) in [5.74, 6) is 1.32. The van der Waals surface area contributed by atoms with Gasteiger partial charge >= 0.3 is 12.2 Å². The lowest BCUT2D eigenvalue weighted by molar-refractivity contribution is -0.137. The molecule has 172 valence electrons. The molecule has 2 aliphatic rings. The number of amides is 2. The number of nitrogens with zero attached hydrogens (tertiary/aromatic N) is 3. The number of hydrogen-bond donors (Lipinski definition) is 1. The Bertz CT molecular complexity index is 943. The number of halogens is 3. The van der Waals surface area contributed by atoms with Gasteiger partial charge in [0.05, 0.1) is 23.8 Å². The standard InChI is InChI=1S/C23H27F3N4O2/c1-15(17-2-4-19(5-3-17)23(24,25)26)28-22(31)30-9-6-18-13-27-21(29-20(18)14-30)12-16-7-10-32-11-8-16/h2-5,13,15-16H,6-12,14H2,1H3,(H,28,31)/t15-/m1/s1. The number of nitrogens with one attached hydrogen (secondary N) is 1. The summed E-state index contributed by atoms with van der Waals surface area (Å²) >= 11 is 0. The molecule has 9 heteroatoms. The molecule has 0 bridgehead atoms. The molecule has 1 N–H and O–H groups in total. The van der Waals surface area contributed by atoms with Gasteiger partial charge in [0.2, 0.25) is 0 Å². The Morgan fingerprint density at radius 2 is 1.97 bits per heavy atom. The van der Waals surface area contributed by atoms with E-state index < -0.39 is 17.8 Å². The van der Waals surface area contributed by atoms with E-state index in [1.54, 1.807) is 11.8 Å². The summed E-state index contributed by atoms with van der Waals surface area (Å²) in [6.07, 6.45) is 1.01. The topological polar surface area (TPSA) is 67.4 Å². The molecular weight excluding hydrogens is 421 g/mol. The van der Waals surface area contributed by atoms with E-state index in [2.05, 4.69) is 10.3 Å². The Balaban J connectivity index is 1.37. The minimum absolute atomic E-state index is 0.257. The summed E-state index contributed by atoms with van der Waals surface area (Å²) in [6.45, 7) is 4.25. The molecule has 2 amide bonds. The summed E-state index contributed by atoms with van der Waals surface area (Å²) in [5.41, 5.74) is 1.83. The smallest absolute Gasteiger partial charge is 0.381 e. The first-order chi connectivity index (χ1) is 15.3. The molecule has 4 rings (SSSR count). The molecule has 0 aliphatic carbocycles. The SMILES string of the molecule is C[C@@H](NC(=O)N1CCc2cnc(CC3CCOCC3)nc2C1)c1ccc(C(F)(F)F)cc1. The van der Waals surface area contributed by atoms with Gasteiger partial charge in [0.25, 0.3) is 0 Å². The number of carbonyl (C=O) groups is 1. The summed E-state index contributed by atoms with van der Waals surface area (Å²) < 4.78 is 43.7. The number of fused-ring (bicyclic) bond motifs is 1. The Kier molecular flexibility index (Phi) is 6.64. The van der Waals surface area contributed by atoms with E-state index in [1.165, 1.54) is 12.1 Å². The van der Waals surface area contributed by atoms with Crippen molar-refractivity contribution in [3.8, 4) is 0 Å². The number of ether oxygens (including phenoxy) is 1. The molecular formula is C23H27F3N4O2. The summed E-state index contributed by atoms with van der Waals surface area (Å²) in [6, 6.07) is 4.19. The third-order valence-electron chi connectivity index (χ3n) is 6.17. The zero-order valence-corrected chi connectivity index (χ0v) is 18.0. The van der Waals surface area contributed by atoms with Crippen molar-refractivity contribution in [1.29, 1.82) is 0 Å². The number of hydrogen-bond acceptors (Lipinski definition) is 4. The van der Waals surface area contributed by atoms with Crippen LogP contribution in [0.2, 0.25) is 0 Å². The highest BCUT2D eigenvalue weighted by molar-refractivity contribution is 5.75. The summed E-state index contributed by atoms with van der Waals surface area (Å²) in [5, 5.41) is 2.88. The van der Waals surface area contributed by atoms with Crippen LogP contribution in [0.15, 0.2) is 30.5 Å². The van der Waals surface area contributed by atoms with Crippen molar-refractivity contribution in [2.45, 2.75) is 51.4 Å². The molecule has 32 heavy (non-hydrogen) atoms. The van der Waals surface area contributed by atoms with Gasteiger partial charge in [-0.25, -0.2) is 14.8 Å². The highest BCUT2D eigenvalue weighted by atomic mass is 19.4. The number of rotatable bonds is 4. The second-order valence-corrected chi connectivity index (χ2v) is 8.48. The third kappa shape index (κ3) is 5.38. The highest BCUT2D eigenvalue weighted by Gasteiger charge is 2.30. The van der Waals surface area contributed by atoms with Gasteiger partial charge in [0, 0.05) is 32.4 Å². The van der Waals surface area contributed by atoms with E-state index in [-0.39, 0.29) is 6.03 Å². The van der Waals surface area contributed by atoms with Crippen molar-refractivity contribution < 1.29 is 22.7 Å². The van der Waals surface area contributed by atoms with Crippen LogP contribution in [0.5, 0.6) is 0 Å². The largest absolute Gasteiger partial charge is 0.416 e. The molecule has 2 aromatic rings. The van der Waals surface area contributed by atoms with Crippen LogP contribution in [0.25, 0.3) is 0 Å². The van der Waals surface area contributed by atoms with Gasteiger partial charge in [0.1, 0.15) is 5.82 Å². The first-order valence-electron chi connectivity index (χ1n) is 10.9. The third-order valence-corrected chi connectivity index (χ3v) is 6.17. The van der Waals surface area contributed by atoms with E-state index in [4.69, 9.17) is 9.72 Å². The molecule has 1 saturated heterocycles. The molecule has 0 spiro atoms. The number of urea groups is 1. The molecule has 1 aromatic heterocycles. The van der Waals surface area contributed by atoms with Gasteiger partial charge in [-0.05, 0) is 55.4 Å².